The number of carboxylic acids is 1. The summed E-state index contributed by atoms with van der Waals surface area (Å²) >= 11 is 0. The van der Waals surface area contributed by atoms with E-state index in [0.29, 0.717) is 13.0 Å². The second-order valence-corrected chi connectivity index (χ2v) is 6.97. The second-order valence-electron chi connectivity index (χ2n) is 6.97. The fourth-order valence-electron chi connectivity index (χ4n) is 3.12. The number of rotatable bonds is 2. The van der Waals surface area contributed by atoms with E-state index in [0.717, 1.165) is 25.9 Å². The summed E-state index contributed by atoms with van der Waals surface area (Å²) in [6, 6.07) is -0.634. The molecule has 2 rings (SSSR count). The summed E-state index contributed by atoms with van der Waals surface area (Å²) in [5.74, 6) is -0.944. The van der Waals surface area contributed by atoms with Gasteiger partial charge in [-0.05, 0) is 53.1 Å². The molecule has 2 saturated heterocycles. The molecule has 0 aromatic heterocycles. The first-order valence-corrected chi connectivity index (χ1v) is 7.74. The van der Waals surface area contributed by atoms with Crippen molar-refractivity contribution in [1.82, 2.24) is 9.80 Å². The normalized spacial score (nSPS) is 27.7. The Morgan fingerprint density at radius 2 is 1.76 bits per heavy atom. The van der Waals surface area contributed by atoms with Gasteiger partial charge in [-0.3, -0.25) is 9.80 Å². The number of aliphatic carboxylic acids is 1. The van der Waals surface area contributed by atoms with Crippen LogP contribution in [0.1, 0.15) is 46.5 Å². The maximum absolute atomic E-state index is 12.2. The molecule has 0 aromatic carbocycles. The highest BCUT2D eigenvalue weighted by Gasteiger charge is 2.43. The molecule has 2 heterocycles. The molecule has 0 spiro atoms. The van der Waals surface area contributed by atoms with Gasteiger partial charge in [0.1, 0.15) is 11.6 Å². The molecule has 1 amide bonds. The fourth-order valence-corrected chi connectivity index (χ4v) is 3.12. The molecule has 0 aromatic rings. The Morgan fingerprint density at radius 3 is 2.29 bits per heavy atom. The van der Waals surface area contributed by atoms with Gasteiger partial charge in [0.05, 0.1) is 0 Å². The van der Waals surface area contributed by atoms with Crippen LogP contribution >= 0.6 is 0 Å². The molecule has 0 aliphatic carbocycles. The van der Waals surface area contributed by atoms with Crippen LogP contribution in [0.4, 0.5) is 4.79 Å². The van der Waals surface area contributed by atoms with Gasteiger partial charge in [-0.25, -0.2) is 9.59 Å². The molecule has 21 heavy (non-hydrogen) atoms. The van der Waals surface area contributed by atoms with Crippen molar-refractivity contribution in [1.29, 1.82) is 0 Å². The van der Waals surface area contributed by atoms with E-state index in [1.54, 1.807) is 20.8 Å². The lowest BCUT2D eigenvalue weighted by atomic mass is 10.1. The number of carbonyl (C=O) groups is 2. The first-order valence-electron chi connectivity index (χ1n) is 7.74. The van der Waals surface area contributed by atoms with Crippen LogP contribution in [0.2, 0.25) is 0 Å². The van der Waals surface area contributed by atoms with Crippen molar-refractivity contribution in [2.45, 2.75) is 64.1 Å². The molecule has 0 radical (unpaired) electrons. The zero-order chi connectivity index (χ0) is 15.6. The monoisotopic (exact) mass is 298 g/mol. The van der Waals surface area contributed by atoms with Crippen LogP contribution in [-0.4, -0.2) is 64.3 Å². The number of hydrogen-bond donors (Lipinski definition) is 1. The predicted molar refractivity (Wildman–Crippen MR) is 78.2 cm³/mol. The molecule has 6 heteroatoms. The van der Waals surface area contributed by atoms with E-state index >= 15 is 0 Å². The summed E-state index contributed by atoms with van der Waals surface area (Å²) in [5.41, 5.74) is -0.608. The third-order valence-corrected chi connectivity index (χ3v) is 4.10. The molecule has 1 N–H and O–H groups in total. The SMILES string of the molecule is CC(C)(C)OC(=O)N1CC(N2CCCCC2)C[C@H]1C(=O)O. The van der Waals surface area contributed by atoms with E-state index < -0.39 is 23.7 Å². The lowest BCUT2D eigenvalue weighted by Gasteiger charge is -2.32. The Balaban J connectivity index is 2.04. The van der Waals surface area contributed by atoms with Gasteiger partial charge in [0, 0.05) is 12.6 Å². The summed E-state index contributed by atoms with van der Waals surface area (Å²) < 4.78 is 5.34. The Labute approximate surface area is 126 Å². The number of likely N-dealkylation sites (tertiary alicyclic amines) is 2. The van der Waals surface area contributed by atoms with E-state index in [-0.39, 0.29) is 6.04 Å². The third kappa shape index (κ3) is 4.09. The lowest BCUT2D eigenvalue weighted by Crippen LogP contribution is -2.44. The number of carbonyl (C=O) groups excluding carboxylic acids is 1. The van der Waals surface area contributed by atoms with Gasteiger partial charge in [-0.2, -0.15) is 0 Å². The van der Waals surface area contributed by atoms with Gasteiger partial charge in [-0.1, -0.05) is 6.42 Å². The molecular formula is C15H26N2O4. The highest BCUT2D eigenvalue weighted by Crippen LogP contribution is 2.26. The van der Waals surface area contributed by atoms with Crippen molar-refractivity contribution < 1.29 is 19.4 Å². The van der Waals surface area contributed by atoms with Gasteiger partial charge in [0.15, 0.2) is 0 Å². The summed E-state index contributed by atoms with van der Waals surface area (Å²) in [6.07, 6.45) is 3.52. The molecule has 0 saturated carbocycles. The van der Waals surface area contributed by atoms with Crippen LogP contribution in [-0.2, 0) is 9.53 Å². The quantitative estimate of drug-likeness (QED) is 0.843. The van der Waals surface area contributed by atoms with Crippen molar-refractivity contribution in [3.05, 3.63) is 0 Å². The van der Waals surface area contributed by atoms with Crippen LogP contribution in [0.15, 0.2) is 0 Å². The summed E-state index contributed by atoms with van der Waals surface area (Å²) in [5, 5.41) is 9.38. The first-order chi connectivity index (χ1) is 9.78. The number of amides is 1. The van der Waals surface area contributed by atoms with Crippen molar-refractivity contribution in [2.75, 3.05) is 19.6 Å². The molecule has 2 fully saturated rings. The Kier molecular flexibility index (Phi) is 4.76. The van der Waals surface area contributed by atoms with E-state index in [1.165, 1.54) is 11.3 Å². The Bertz CT molecular complexity index is 399. The minimum absolute atomic E-state index is 0.138. The van der Waals surface area contributed by atoms with Gasteiger partial charge in [0.25, 0.3) is 0 Å². The molecule has 0 bridgehead atoms. The van der Waals surface area contributed by atoms with E-state index in [2.05, 4.69) is 4.90 Å². The molecule has 1 unspecified atom stereocenters. The average Bonchev–Trinajstić information content (AvgIpc) is 2.83. The maximum Gasteiger partial charge on any atom is 0.411 e. The van der Waals surface area contributed by atoms with Crippen LogP contribution in [0, 0.1) is 0 Å². The average molecular weight is 298 g/mol. The highest BCUT2D eigenvalue weighted by molar-refractivity contribution is 5.81. The van der Waals surface area contributed by atoms with E-state index in [1.807, 2.05) is 0 Å². The van der Waals surface area contributed by atoms with Gasteiger partial charge in [-0.15, -0.1) is 0 Å². The minimum atomic E-state index is -0.944. The highest BCUT2D eigenvalue weighted by atomic mass is 16.6. The summed E-state index contributed by atoms with van der Waals surface area (Å²) in [7, 11) is 0. The molecule has 2 aliphatic rings. The van der Waals surface area contributed by atoms with Crippen LogP contribution in [0.25, 0.3) is 0 Å². The molecular weight excluding hydrogens is 272 g/mol. The maximum atomic E-state index is 12.2. The fraction of sp³-hybridized carbons (Fsp3) is 0.867. The van der Waals surface area contributed by atoms with Crippen LogP contribution in [0.5, 0.6) is 0 Å². The first kappa shape index (κ1) is 16.1. The van der Waals surface area contributed by atoms with Crippen LogP contribution in [0.3, 0.4) is 0 Å². The molecule has 6 nitrogen and oxygen atoms in total. The van der Waals surface area contributed by atoms with Gasteiger partial charge in [0.2, 0.25) is 0 Å². The number of ether oxygens (including phenoxy) is 1. The van der Waals surface area contributed by atoms with E-state index in [4.69, 9.17) is 4.74 Å². The predicted octanol–water partition coefficient (Wildman–Crippen LogP) is 1.93. The van der Waals surface area contributed by atoms with Crippen molar-refractivity contribution in [3.63, 3.8) is 0 Å². The minimum Gasteiger partial charge on any atom is -0.480 e. The summed E-state index contributed by atoms with van der Waals surface area (Å²) in [4.78, 5) is 27.4. The zero-order valence-corrected chi connectivity index (χ0v) is 13.2. The van der Waals surface area contributed by atoms with E-state index in [9.17, 15) is 14.7 Å². The number of piperidine rings is 1. The smallest absolute Gasteiger partial charge is 0.411 e. The number of nitrogens with zero attached hydrogens (tertiary/aromatic N) is 2. The second kappa shape index (κ2) is 6.22. The van der Waals surface area contributed by atoms with Crippen molar-refractivity contribution in [2.24, 2.45) is 0 Å². The largest absolute Gasteiger partial charge is 0.480 e. The third-order valence-electron chi connectivity index (χ3n) is 4.10. The standard InChI is InChI=1S/C15H26N2O4/c1-15(2,3)21-14(20)17-10-11(9-12(17)13(18)19)16-7-5-4-6-8-16/h11-12H,4-10H2,1-3H3,(H,18,19)/t11?,12-/m0/s1. The Hall–Kier alpha value is -1.30. The Morgan fingerprint density at radius 1 is 1.14 bits per heavy atom. The topological polar surface area (TPSA) is 70.1 Å². The molecule has 120 valence electrons. The zero-order valence-electron chi connectivity index (χ0n) is 13.2. The number of hydrogen-bond acceptors (Lipinski definition) is 4. The molecule has 2 aliphatic heterocycles. The molecule has 2 atom stereocenters. The number of carboxylic acid groups (broad SMARTS) is 1. The van der Waals surface area contributed by atoms with Crippen LogP contribution < -0.4 is 0 Å². The lowest BCUT2D eigenvalue weighted by molar-refractivity contribution is -0.142. The van der Waals surface area contributed by atoms with Crippen molar-refractivity contribution in [3.8, 4) is 0 Å². The van der Waals surface area contributed by atoms with Gasteiger partial charge >= 0.3 is 12.1 Å². The van der Waals surface area contributed by atoms with Gasteiger partial charge < -0.3 is 9.84 Å². The van der Waals surface area contributed by atoms with Crippen molar-refractivity contribution >= 4 is 12.1 Å². The summed E-state index contributed by atoms with van der Waals surface area (Å²) in [6.45, 7) is 7.82.